The van der Waals surface area contributed by atoms with Crippen LogP contribution in [0, 0.1) is 0 Å². The van der Waals surface area contributed by atoms with Crippen molar-refractivity contribution in [1.29, 1.82) is 0 Å². The van der Waals surface area contributed by atoms with E-state index in [9.17, 15) is 0 Å². The molecule has 0 aliphatic heterocycles. The molecule has 1 atom stereocenters. The van der Waals surface area contributed by atoms with Gasteiger partial charge in [0.05, 0.1) is 0 Å². The lowest BCUT2D eigenvalue weighted by Crippen LogP contribution is -2.24. The van der Waals surface area contributed by atoms with Crippen molar-refractivity contribution in [3.63, 3.8) is 0 Å². The molecule has 0 amide bonds. The first-order valence-corrected chi connectivity index (χ1v) is 6.31. The third kappa shape index (κ3) is 2.55. The van der Waals surface area contributed by atoms with E-state index in [2.05, 4.69) is 0 Å². The Hall–Kier alpha value is -1.21. The molecule has 2 aromatic carbocycles. The molecule has 0 saturated carbocycles. The van der Waals surface area contributed by atoms with Crippen molar-refractivity contribution in [3.8, 4) is 0 Å². The summed E-state index contributed by atoms with van der Waals surface area (Å²) in [6, 6.07) is 19.9. The van der Waals surface area contributed by atoms with E-state index in [-0.39, 0.29) is 0 Å². The van der Waals surface area contributed by atoms with Gasteiger partial charge in [-0.2, -0.15) is 0 Å². The highest BCUT2D eigenvalue weighted by atomic mass is 31.1. The maximum Gasteiger partial charge on any atom is 0.153 e. The monoisotopic (exact) mass is 246 g/mol. The Morgan fingerprint density at radius 3 is 1.65 bits per heavy atom. The minimum absolute atomic E-state index is 0.540. The lowest BCUT2D eigenvalue weighted by molar-refractivity contribution is 0.143. The van der Waals surface area contributed by atoms with E-state index in [4.69, 9.17) is 9.42 Å². The predicted octanol–water partition coefficient (Wildman–Crippen LogP) is 3.47. The van der Waals surface area contributed by atoms with Gasteiger partial charge in [-0.3, -0.25) is 0 Å². The standard InChI is InChI=1S/C14H15O2P/c1-14(16-17-15,12-8-4-2-5-9-12)13-10-6-3-7-11-13/h2-11,15,17H,1H3. The van der Waals surface area contributed by atoms with Crippen LogP contribution in [0.5, 0.6) is 0 Å². The van der Waals surface area contributed by atoms with Crippen molar-refractivity contribution < 1.29 is 9.42 Å². The quantitative estimate of drug-likeness (QED) is 0.837. The van der Waals surface area contributed by atoms with Gasteiger partial charge in [0.25, 0.3) is 0 Å². The largest absolute Gasteiger partial charge is 0.352 e. The smallest absolute Gasteiger partial charge is 0.153 e. The minimum atomic E-state index is -0.601. The first kappa shape index (κ1) is 12.3. The van der Waals surface area contributed by atoms with Crippen LogP contribution < -0.4 is 0 Å². The van der Waals surface area contributed by atoms with Crippen LogP contribution in [0.3, 0.4) is 0 Å². The maximum absolute atomic E-state index is 9.13. The summed E-state index contributed by atoms with van der Waals surface area (Å²) in [5.41, 5.74) is 1.47. The molecule has 17 heavy (non-hydrogen) atoms. The zero-order chi connectivity index (χ0) is 12.1. The van der Waals surface area contributed by atoms with Crippen LogP contribution in [0.1, 0.15) is 18.1 Å². The first-order chi connectivity index (χ1) is 8.27. The average Bonchev–Trinajstić information content (AvgIpc) is 2.41. The molecule has 0 radical (unpaired) electrons. The third-order valence-electron chi connectivity index (χ3n) is 2.90. The SMILES string of the molecule is CC(OPO)(c1ccccc1)c1ccccc1. The summed E-state index contributed by atoms with van der Waals surface area (Å²) in [4.78, 5) is 9.13. The highest BCUT2D eigenvalue weighted by molar-refractivity contribution is 7.25. The summed E-state index contributed by atoms with van der Waals surface area (Å²) >= 11 is 0. The van der Waals surface area contributed by atoms with Crippen LogP contribution in [-0.2, 0) is 10.1 Å². The van der Waals surface area contributed by atoms with Crippen molar-refractivity contribution in [2.45, 2.75) is 12.5 Å². The van der Waals surface area contributed by atoms with Gasteiger partial charge in [-0.05, 0) is 18.1 Å². The number of benzene rings is 2. The lowest BCUT2D eigenvalue weighted by Gasteiger charge is -2.29. The predicted molar refractivity (Wildman–Crippen MR) is 71.0 cm³/mol. The summed E-state index contributed by atoms with van der Waals surface area (Å²) in [5.74, 6) is 0. The number of hydrogen-bond acceptors (Lipinski definition) is 2. The number of rotatable bonds is 4. The van der Waals surface area contributed by atoms with Crippen LogP contribution in [0.2, 0.25) is 0 Å². The molecular formula is C14H15O2P. The topological polar surface area (TPSA) is 29.5 Å². The molecule has 1 unspecified atom stereocenters. The molecule has 2 nitrogen and oxygen atoms in total. The highest BCUT2D eigenvalue weighted by Crippen LogP contribution is 2.37. The molecular weight excluding hydrogens is 231 g/mol. The second-order valence-corrected chi connectivity index (χ2v) is 4.35. The normalized spacial score (nSPS) is 12.1. The molecule has 0 spiro atoms. The summed E-state index contributed by atoms with van der Waals surface area (Å²) in [6.45, 7) is 1.97. The molecule has 2 aromatic rings. The molecule has 0 fully saturated rings. The minimum Gasteiger partial charge on any atom is -0.352 e. The van der Waals surface area contributed by atoms with Gasteiger partial charge in [-0.25, -0.2) is 0 Å². The van der Waals surface area contributed by atoms with Gasteiger partial charge < -0.3 is 9.42 Å². The van der Waals surface area contributed by atoms with Gasteiger partial charge in [-0.1, -0.05) is 60.7 Å². The van der Waals surface area contributed by atoms with Crippen LogP contribution >= 0.6 is 9.03 Å². The molecule has 0 heterocycles. The molecule has 1 N–H and O–H groups in total. The number of hydrogen-bond donors (Lipinski definition) is 1. The molecule has 3 heteroatoms. The molecule has 0 saturated heterocycles. The summed E-state index contributed by atoms with van der Waals surface area (Å²) in [6.07, 6.45) is 0. The third-order valence-corrected chi connectivity index (χ3v) is 3.40. The van der Waals surface area contributed by atoms with E-state index in [1.807, 2.05) is 67.6 Å². The van der Waals surface area contributed by atoms with Crippen LogP contribution in [0.25, 0.3) is 0 Å². The van der Waals surface area contributed by atoms with Crippen molar-refractivity contribution in [1.82, 2.24) is 0 Å². The Morgan fingerprint density at radius 1 is 0.882 bits per heavy atom. The fourth-order valence-corrected chi connectivity index (χ4v) is 2.31. The first-order valence-electron chi connectivity index (χ1n) is 5.45. The second kappa shape index (κ2) is 5.42. The molecule has 2 rings (SSSR count). The maximum atomic E-state index is 9.13. The van der Waals surface area contributed by atoms with Crippen LogP contribution in [-0.4, -0.2) is 4.89 Å². The Balaban J connectivity index is 2.47. The molecule has 0 aromatic heterocycles. The zero-order valence-corrected chi connectivity index (χ0v) is 10.6. The van der Waals surface area contributed by atoms with Crippen molar-refractivity contribution >= 4 is 9.03 Å². The lowest BCUT2D eigenvalue weighted by atomic mass is 9.88. The molecule has 0 aliphatic carbocycles. The Labute approximate surface area is 103 Å². The summed E-state index contributed by atoms with van der Waals surface area (Å²) in [7, 11) is -0.540. The Morgan fingerprint density at radius 2 is 1.29 bits per heavy atom. The van der Waals surface area contributed by atoms with Crippen molar-refractivity contribution in [2.24, 2.45) is 0 Å². The summed E-state index contributed by atoms with van der Waals surface area (Å²) in [5, 5.41) is 0. The van der Waals surface area contributed by atoms with E-state index in [1.54, 1.807) is 0 Å². The molecule has 0 aliphatic rings. The van der Waals surface area contributed by atoms with E-state index >= 15 is 0 Å². The Bertz CT molecular complexity index is 417. The van der Waals surface area contributed by atoms with Gasteiger partial charge in [0.2, 0.25) is 0 Å². The molecule has 88 valence electrons. The van der Waals surface area contributed by atoms with Crippen molar-refractivity contribution in [2.75, 3.05) is 0 Å². The van der Waals surface area contributed by atoms with E-state index in [0.29, 0.717) is 0 Å². The van der Waals surface area contributed by atoms with E-state index in [0.717, 1.165) is 11.1 Å². The van der Waals surface area contributed by atoms with Gasteiger partial charge in [0, 0.05) is 0 Å². The fourth-order valence-electron chi connectivity index (χ4n) is 1.89. The van der Waals surface area contributed by atoms with Crippen LogP contribution in [0.15, 0.2) is 60.7 Å². The van der Waals surface area contributed by atoms with Gasteiger partial charge >= 0.3 is 0 Å². The van der Waals surface area contributed by atoms with E-state index < -0.39 is 14.6 Å². The van der Waals surface area contributed by atoms with Crippen LogP contribution in [0.4, 0.5) is 0 Å². The second-order valence-electron chi connectivity index (χ2n) is 3.96. The fraction of sp³-hybridized carbons (Fsp3) is 0.143. The highest BCUT2D eigenvalue weighted by Gasteiger charge is 2.29. The molecule has 0 bridgehead atoms. The van der Waals surface area contributed by atoms with Gasteiger partial charge in [0.15, 0.2) is 9.03 Å². The zero-order valence-electron chi connectivity index (χ0n) is 9.63. The van der Waals surface area contributed by atoms with Gasteiger partial charge in [-0.15, -0.1) is 0 Å². The van der Waals surface area contributed by atoms with E-state index in [1.165, 1.54) is 0 Å². The summed E-state index contributed by atoms with van der Waals surface area (Å²) < 4.78 is 5.58. The average molecular weight is 246 g/mol. The van der Waals surface area contributed by atoms with Gasteiger partial charge in [0.1, 0.15) is 5.60 Å². The Kier molecular flexibility index (Phi) is 3.90. The van der Waals surface area contributed by atoms with Crippen molar-refractivity contribution in [3.05, 3.63) is 71.8 Å².